The van der Waals surface area contributed by atoms with E-state index in [9.17, 15) is 4.79 Å². The summed E-state index contributed by atoms with van der Waals surface area (Å²) < 4.78 is 0. The summed E-state index contributed by atoms with van der Waals surface area (Å²) in [6, 6.07) is 19.1. The van der Waals surface area contributed by atoms with Crippen LogP contribution >= 0.6 is 0 Å². The Morgan fingerprint density at radius 2 is 1.26 bits per heavy atom. The standard InChI is InChI=1S/C15H16N2O.C10H8N2.Ru/c1-3-4-15(18)12-6-8-17-14(10-12)13-9-11(2)5-7-16-13;1-3-7-11-9(5-1)10-6-2-4-8-12-10;/h5-10H,3-4H2,1-2H3;1-8H;. The summed E-state index contributed by atoms with van der Waals surface area (Å²) in [5, 5.41) is 0. The molecule has 0 fully saturated rings. The molecule has 0 bridgehead atoms. The molecule has 0 amide bonds. The van der Waals surface area contributed by atoms with Crippen LogP contribution in [0.25, 0.3) is 22.8 Å². The van der Waals surface area contributed by atoms with Gasteiger partial charge in [-0.2, -0.15) is 0 Å². The first-order chi connectivity index (χ1) is 14.7. The van der Waals surface area contributed by atoms with E-state index < -0.39 is 0 Å². The molecule has 0 saturated carbocycles. The molecule has 0 radical (unpaired) electrons. The van der Waals surface area contributed by atoms with Crippen LogP contribution in [0.4, 0.5) is 0 Å². The van der Waals surface area contributed by atoms with Crippen LogP contribution in [0.5, 0.6) is 0 Å². The minimum absolute atomic E-state index is 0. The Hall–Kier alpha value is -3.11. The Kier molecular flexibility index (Phi) is 9.79. The second-order valence-corrected chi connectivity index (χ2v) is 6.75. The van der Waals surface area contributed by atoms with Crippen molar-refractivity contribution in [1.82, 2.24) is 19.9 Å². The largest absolute Gasteiger partial charge is 0.294 e. The van der Waals surface area contributed by atoms with E-state index in [1.165, 1.54) is 0 Å². The Labute approximate surface area is 195 Å². The second-order valence-electron chi connectivity index (χ2n) is 6.75. The van der Waals surface area contributed by atoms with Crippen LogP contribution < -0.4 is 0 Å². The predicted octanol–water partition coefficient (Wildman–Crippen LogP) is 5.58. The molecule has 0 aliphatic heterocycles. The van der Waals surface area contributed by atoms with E-state index >= 15 is 0 Å². The van der Waals surface area contributed by atoms with Gasteiger partial charge in [0.15, 0.2) is 5.78 Å². The molecular formula is C25H24N4ORu. The number of aryl methyl sites for hydroxylation is 1. The smallest absolute Gasteiger partial charge is 0.162 e. The fourth-order valence-electron chi connectivity index (χ4n) is 2.82. The third-order valence-electron chi connectivity index (χ3n) is 4.33. The molecule has 0 aromatic carbocycles. The SMILES string of the molecule is CCCC(=O)c1ccnc(-c2cc(C)ccn2)c1.[Ru].c1ccc(-c2ccccn2)nc1. The summed E-state index contributed by atoms with van der Waals surface area (Å²) in [4.78, 5) is 28.8. The third-order valence-corrected chi connectivity index (χ3v) is 4.33. The van der Waals surface area contributed by atoms with Gasteiger partial charge in [-0.1, -0.05) is 19.1 Å². The average molecular weight is 498 g/mol. The first kappa shape index (κ1) is 24.2. The summed E-state index contributed by atoms with van der Waals surface area (Å²) in [5.41, 5.74) is 5.23. The zero-order chi connectivity index (χ0) is 21.2. The van der Waals surface area contributed by atoms with E-state index in [2.05, 4.69) is 19.9 Å². The molecule has 0 N–H and O–H groups in total. The van der Waals surface area contributed by atoms with Crippen molar-refractivity contribution in [1.29, 1.82) is 0 Å². The summed E-state index contributed by atoms with van der Waals surface area (Å²) in [5.74, 6) is 0.161. The molecule has 4 aromatic rings. The van der Waals surface area contributed by atoms with Crippen LogP contribution in [0.15, 0.2) is 85.5 Å². The molecule has 158 valence electrons. The van der Waals surface area contributed by atoms with Crippen molar-refractivity contribution < 1.29 is 24.3 Å². The van der Waals surface area contributed by atoms with Gasteiger partial charge in [0.25, 0.3) is 0 Å². The van der Waals surface area contributed by atoms with Crippen molar-refractivity contribution in [3.8, 4) is 22.8 Å². The number of ketones is 1. The minimum atomic E-state index is 0. The van der Waals surface area contributed by atoms with Crippen LogP contribution in [-0.4, -0.2) is 25.7 Å². The van der Waals surface area contributed by atoms with Crippen LogP contribution in [-0.2, 0) is 19.5 Å². The average Bonchev–Trinajstić information content (AvgIpc) is 2.81. The maximum Gasteiger partial charge on any atom is 0.162 e. The second kappa shape index (κ2) is 12.6. The minimum Gasteiger partial charge on any atom is -0.294 e. The van der Waals surface area contributed by atoms with Gasteiger partial charge in [0.1, 0.15) is 0 Å². The first-order valence-corrected chi connectivity index (χ1v) is 9.92. The molecule has 31 heavy (non-hydrogen) atoms. The van der Waals surface area contributed by atoms with E-state index in [-0.39, 0.29) is 25.3 Å². The van der Waals surface area contributed by atoms with E-state index in [1.807, 2.05) is 68.4 Å². The van der Waals surface area contributed by atoms with Gasteiger partial charge in [-0.3, -0.25) is 24.7 Å². The van der Waals surface area contributed by atoms with E-state index in [4.69, 9.17) is 0 Å². The third kappa shape index (κ3) is 7.27. The van der Waals surface area contributed by atoms with Gasteiger partial charge in [0.2, 0.25) is 0 Å². The topological polar surface area (TPSA) is 68.6 Å². The van der Waals surface area contributed by atoms with Crippen molar-refractivity contribution in [3.63, 3.8) is 0 Å². The number of aromatic nitrogens is 4. The summed E-state index contributed by atoms with van der Waals surface area (Å²) in [6.45, 7) is 4.01. The van der Waals surface area contributed by atoms with Crippen LogP contribution in [0.3, 0.4) is 0 Å². The van der Waals surface area contributed by atoms with Crippen LogP contribution in [0, 0.1) is 6.92 Å². The van der Waals surface area contributed by atoms with E-state index in [0.29, 0.717) is 12.0 Å². The van der Waals surface area contributed by atoms with E-state index in [1.54, 1.807) is 30.9 Å². The summed E-state index contributed by atoms with van der Waals surface area (Å²) in [6.07, 6.45) is 8.40. The quantitative estimate of drug-likeness (QED) is 0.266. The Bertz CT molecular complexity index is 1050. The summed E-state index contributed by atoms with van der Waals surface area (Å²) in [7, 11) is 0. The zero-order valence-corrected chi connectivity index (χ0v) is 19.3. The molecule has 4 rings (SSSR count). The Morgan fingerprint density at radius 3 is 1.77 bits per heavy atom. The van der Waals surface area contributed by atoms with Gasteiger partial charge in [0.05, 0.1) is 22.8 Å². The molecule has 0 aliphatic carbocycles. The van der Waals surface area contributed by atoms with Crippen molar-refractivity contribution in [2.75, 3.05) is 0 Å². The monoisotopic (exact) mass is 498 g/mol. The maximum absolute atomic E-state index is 11.8. The Morgan fingerprint density at radius 1 is 0.710 bits per heavy atom. The predicted molar refractivity (Wildman–Crippen MR) is 119 cm³/mol. The molecule has 0 aliphatic rings. The molecule has 4 aromatic heterocycles. The number of pyridine rings is 4. The van der Waals surface area contributed by atoms with Crippen molar-refractivity contribution in [2.24, 2.45) is 0 Å². The number of nitrogens with zero attached hydrogens (tertiary/aromatic N) is 4. The molecule has 0 atom stereocenters. The van der Waals surface area contributed by atoms with Gasteiger partial charge in [-0.25, -0.2) is 0 Å². The summed E-state index contributed by atoms with van der Waals surface area (Å²) >= 11 is 0. The number of hydrogen-bond donors (Lipinski definition) is 0. The fraction of sp³-hybridized carbons (Fsp3) is 0.160. The Balaban J connectivity index is 0.000000229. The zero-order valence-electron chi connectivity index (χ0n) is 17.5. The molecule has 0 unspecified atom stereocenters. The van der Waals surface area contributed by atoms with Crippen molar-refractivity contribution >= 4 is 5.78 Å². The van der Waals surface area contributed by atoms with E-state index in [0.717, 1.165) is 34.8 Å². The number of Topliss-reactive ketones (excluding diaryl/α,β-unsaturated/α-hetero) is 1. The molecule has 0 spiro atoms. The molecule has 5 nitrogen and oxygen atoms in total. The van der Waals surface area contributed by atoms with Gasteiger partial charge < -0.3 is 0 Å². The van der Waals surface area contributed by atoms with Gasteiger partial charge >= 0.3 is 0 Å². The van der Waals surface area contributed by atoms with Crippen molar-refractivity contribution in [3.05, 3.63) is 96.6 Å². The molecular weight excluding hydrogens is 473 g/mol. The van der Waals surface area contributed by atoms with Crippen LogP contribution in [0.2, 0.25) is 0 Å². The van der Waals surface area contributed by atoms with Gasteiger partial charge in [-0.15, -0.1) is 0 Å². The number of carbonyl (C=O) groups excluding carboxylic acids is 1. The number of carbonyl (C=O) groups is 1. The normalized spacial score (nSPS) is 9.74. The molecule has 6 heteroatoms. The number of rotatable bonds is 5. The van der Waals surface area contributed by atoms with Crippen molar-refractivity contribution in [2.45, 2.75) is 26.7 Å². The molecule has 0 saturated heterocycles. The maximum atomic E-state index is 11.8. The van der Waals surface area contributed by atoms with Crippen LogP contribution in [0.1, 0.15) is 35.7 Å². The fourth-order valence-corrected chi connectivity index (χ4v) is 2.82. The molecule has 4 heterocycles. The van der Waals surface area contributed by atoms with Gasteiger partial charge in [0, 0.05) is 56.2 Å². The number of hydrogen-bond acceptors (Lipinski definition) is 5. The first-order valence-electron chi connectivity index (χ1n) is 9.92. The van der Waals surface area contributed by atoms with Gasteiger partial charge in [-0.05, 0) is 67.4 Å².